The van der Waals surface area contributed by atoms with Gasteiger partial charge in [0.2, 0.25) is 0 Å². The first-order valence-electron chi connectivity index (χ1n) is 5.96. The summed E-state index contributed by atoms with van der Waals surface area (Å²) in [6, 6.07) is 12.0. The van der Waals surface area contributed by atoms with Crippen molar-refractivity contribution in [3.05, 3.63) is 64.7 Å². The molecule has 0 aliphatic rings. The molecule has 0 spiro atoms. The second kappa shape index (κ2) is 6.34. The van der Waals surface area contributed by atoms with E-state index in [0.717, 1.165) is 5.56 Å². The number of halogens is 4. The van der Waals surface area contributed by atoms with Crippen LogP contribution in [0.1, 0.15) is 17.2 Å². The van der Waals surface area contributed by atoms with Crippen LogP contribution in [0.25, 0.3) is 0 Å². The van der Waals surface area contributed by atoms with E-state index in [9.17, 15) is 13.2 Å². The SMILES string of the molecule is NNC(c1cccc(Cl)c1)c1cccc(OC(F)(F)F)c1. The summed E-state index contributed by atoms with van der Waals surface area (Å²) in [7, 11) is 0. The summed E-state index contributed by atoms with van der Waals surface area (Å²) in [5, 5.41) is 0.510. The minimum absolute atomic E-state index is 0.303. The van der Waals surface area contributed by atoms with Gasteiger partial charge in [-0.2, -0.15) is 0 Å². The summed E-state index contributed by atoms with van der Waals surface area (Å²) >= 11 is 5.91. The average molecular weight is 317 g/mol. The Kier molecular flexibility index (Phi) is 4.72. The smallest absolute Gasteiger partial charge is 0.406 e. The number of hydrogen-bond donors (Lipinski definition) is 2. The van der Waals surface area contributed by atoms with E-state index in [1.165, 1.54) is 18.2 Å². The molecule has 0 fully saturated rings. The third-order valence-electron chi connectivity index (χ3n) is 2.77. The lowest BCUT2D eigenvalue weighted by atomic mass is 9.99. The minimum Gasteiger partial charge on any atom is -0.406 e. The Morgan fingerprint density at radius 3 is 2.24 bits per heavy atom. The van der Waals surface area contributed by atoms with Gasteiger partial charge in [0.1, 0.15) is 5.75 Å². The number of hydrazine groups is 1. The second-order valence-corrected chi connectivity index (χ2v) is 4.71. The normalized spacial score (nSPS) is 13.0. The van der Waals surface area contributed by atoms with Gasteiger partial charge in [-0.3, -0.25) is 5.84 Å². The van der Waals surface area contributed by atoms with Crippen molar-refractivity contribution in [2.24, 2.45) is 5.84 Å². The zero-order valence-corrected chi connectivity index (χ0v) is 11.4. The van der Waals surface area contributed by atoms with E-state index >= 15 is 0 Å². The molecule has 0 aliphatic heterocycles. The molecule has 0 saturated carbocycles. The van der Waals surface area contributed by atoms with Crippen molar-refractivity contribution in [3.63, 3.8) is 0 Å². The molecule has 0 aromatic heterocycles. The number of nitrogens with two attached hydrogens (primary N) is 1. The average Bonchev–Trinajstić information content (AvgIpc) is 2.38. The Morgan fingerprint density at radius 2 is 1.67 bits per heavy atom. The van der Waals surface area contributed by atoms with E-state index in [1.54, 1.807) is 30.3 Å². The summed E-state index contributed by atoms with van der Waals surface area (Å²) in [5.41, 5.74) is 3.82. The van der Waals surface area contributed by atoms with Crippen molar-refractivity contribution in [3.8, 4) is 5.75 Å². The Bertz CT molecular complexity index is 619. The molecule has 0 heterocycles. The van der Waals surface area contributed by atoms with Crippen LogP contribution in [0.3, 0.4) is 0 Å². The fourth-order valence-electron chi connectivity index (χ4n) is 1.96. The van der Waals surface area contributed by atoms with Crippen LogP contribution in [0.15, 0.2) is 48.5 Å². The fraction of sp³-hybridized carbons (Fsp3) is 0.143. The number of rotatable bonds is 4. The number of hydrogen-bond acceptors (Lipinski definition) is 3. The molecule has 7 heteroatoms. The van der Waals surface area contributed by atoms with E-state index < -0.39 is 12.4 Å². The van der Waals surface area contributed by atoms with Gasteiger partial charge >= 0.3 is 6.36 Å². The van der Waals surface area contributed by atoms with Crippen LogP contribution in [0.5, 0.6) is 5.75 Å². The Morgan fingerprint density at radius 1 is 1.05 bits per heavy atom. The monoisotopic (exact) mass is 316 g/mol. The topological polar surface area (TPSA) is 47.3 Å². The molecule has 2 rings (SSSR count). The molecule has 21 heavy (non-hydrogen) atoms. The lowest BCUT2D eigenvalue weighted by Gasteiger charge is -2.18. The molecular formula is C14H12ClF3N2O. The van der Waals surface area contributed by atoms with E-state index in [1.807, 2.05) is 0 Å². The Hall–Kier alpha value is -1.76. The van der Waals surface area contributed by atoms with Crippen LogP contribution in [-0.4, -0.2) is 6.36 Å². The van der Waals surface area contributed by atoms with Crippen LogP contribution >= 0.6 is 11.6 Å². The maximum atomic E-state index is 12.3. The predicted molar refractivity (Wildman–Crippen MR) is 73.7 cm³/mol. The third kappa shape index (κ3) is 4.35. The first kappa shape index (κ1) is 15.6. The van der Waals surface area contributed by atoms with Gasteiger partial charge < -0.3 is 4.74 Å². The van der Waals surface area contributed by atoms with Gasteiger partial charge in [0.15, 0.2) is 0 Å². The van der Waals surface area contributed by atoms with Gasteiger partial charge in [-0.25, -0.2) is 5.43 Å². The zero-order chi connectivity index (χ0) is 15.5. The maximum Gasteiger partial charge on any atom is 0.573 e. The van der Waals surface area contributed by atoms with Crippen molar-refractivity contribution in [1.29, 1.82) is 0 Å². The lowest BCUT2D eigenvalue weighted by Crippen LogP contribution is -2.29. The number of alkyl halides is 3. The summed E-state index contributed by atoms with van der Waals surface area (Å²) in [4.78, 5) is 0. The minimum atomic E-state index is -4.74. The first-order valence-corrected chi connectivity index (χ1v) is 6.34. The highest BCUT2D eigenvalue weighted by molar-refractivity contribution is 6.30. The van der Waals surface area contributed by atoms with E-state index in [4.69, 9.17) is 17.4 Å². The molecule has 2 aromatic carbocycles. The molecule has 1 atom stereocenters. The Labute approximate surface area is 124 Å². The summed E-state index contributed by atoms with van der Waals surface area (Å²) in [5.74, 6) is 5.20. The molecular weight excluding hydrogens is 305 g/mol. The largest absolute Gasteiger partial charge is 0.573 e. The highest BCUT2D eigenvalue weighted by Gasteiger charge is 2.31. The lowest BCUT2D eigenvalue weighted by molar-refractivity contribution is -0.274. The van der Waals surface area contributed by atoms with Crippen molar-refractivity contribution in [2.75, 3.05) is 0 Å². The fourth-order valence-corrected chi connectivity index (χ4v) is 2.16. The van der Waals surface area contributed by atoms with Gasteiger partial charge in [-0.1, -0.05) is 35.9 Å². The van der Waals surface area contributed by atoms with E-state index in [0.29, 0.717) is 10.6 Å². The van der Waals surface area contributed by atoms with Gasteiger partial charge in [0, 0.05) is 5.02 Å². The molecule has 0 amide bonds. The van der Waals surface area contributed by atoms with Crippen LogP contribution in [0.4, 0.5) is 13.2 Å². The van der Waals surface area contributed by atoms with Gasteiger partial charge in [0.25, 0.3) is 0 Å². The van der Waals surface area contributed by atoms with Crippen molar-refractivity contribution >= 4 is 11.6 Å². The molecule has 3 nitrogen and oxygen atoms in total. The van der Waals surface area contributed by atoms with Gasteiger partial charge in [0.05, 0.1) is 6.04 Å². The zero-order valence-electron chi connectivity index (χ0n) is 10.7. The van der Waals surface area contributed by atoms with Gasteiger partial charge in [-0.15, -0.1) is 13.2 Å². The Balaban J connectivity index is 2.32. The van der Waals surface area contributed by atoms with Crippen LogP contribution in [0.2, 0.25) is 5.02 Å². The predicted octanol–water partition coefficient (Wildman–Crippen LogP) is 3.79. The first-order chi connectivity index (χ1) is 9.89. The van der Waals surface area contributed by atoms with Gasteiger partial charge in [-0.05, 0) is 35.4 Å². The van der Waals surface area contributed by atoms with E-state index in [2.05, 4.69) is 10.2 Å². The standard InChI is InChI=1S/C14H12ClF3N2O/c15-11-5-1-3-9(7-11)13(20-19)10-4-2-6-12(8-10)21-14(16,17)18/h1-8,13,20H,19H2. The molecule has 0 bridgehead atoms. The third-order valence-corrected chi connectivity index (χ3v) is 3.01. The quantitative estimate of drug-likeness (QED) is 0.666. The van der Waals surface area contributed by atoms with Crippen molar-refractivity contribution in [1.82, 2.24) is 5.43 Å². The van der Waals surface area contributed by atoms with Crippen LogP contribution < -0.4 is 16.0 Å². The number of ether oxygens (including phenoxy) is 1. The molecule has 112 valence electrons. The maximum absolute atomic E-state index is 12.3. The van der Waals surface area contributed by atoms with Crippen molar-refractivity contribution < 1.29 is 17.9 Å². The number of nitrogens with one attached hydrogen (secondary N) is 1. The molecule has 3 N–H and O–H groups in total. The van der Waals surface area contributed by atoms with E-state index in [-0.39, 0.29) is 5.75 Å². The van der Waals surface area contributed by atoms with Crippen LogP contribution in [0, 0.1) is 0 Å². The molecule has 2 aromatic rings. The molecule has 0 aliphatic carbocycles. The summed E-state index contributed by atoms with van der Waals surface area (Å²) < 4.78 is 40.7. The summed E-state index contributed by atoms with van der Waals surface area (Å²) in [6.45, 7) is 0. The van der Waals surface area contributed by atoms with Crippen molar-refractivity contribution in [2.45, 2.75) is 12.4 Å². The highest BCUT2D eigenvalue weighted by atomic mass is 35.5. The van der Waals surface area contributed by atoms with Crippen LogP contribution in [-0.2, 0) is 0 Å². The molecule has 0 saturated heterocycles. The highest BCUT2D eigenvalue weighted by Crippen LogP contribution is 2.28. The molecule has 0 radical (unpaired) electrons. The summed E-state index contributed by atoms with van der Waals surface area (Å²) in [6.07, 6.45) is -4.74. The number of benzene rings is 2. The molecule has 1 unspecified atom stereocenters. The second-order valence-electron chi connectivity index (χ2n) is 4.27.